The van der Waals surface area contributed by atoms with Crippen molar-refractivity contribution in [3.63, 3.8) is 0 Å². The Bertz CT molecular complexity index is 278. The number of hydrogen-bond donors (Lipinski definition) is 4. The van der Waals surface area contributed by atoms with Crippen LogP contribution in [0.5, 0.6) is 0 Å². The summed E-state index contributed by atoms with van der Waals surface area (Å²) in [5, 5.41) is 38.9. The van der Waals surface area contributed by atoms with Gasteiger partial charge < -0.3 is 29.9 Å². The third-order valence-corrected chi connectivity index (χ3v) is 4.11. The Balaban J connectivity index is 1.84. The molecule has 3 aliphatic rings. The monoisotopic (exact) mass is 246 g/mol. The van der Waals surface area contributed by atoms with Crippen LogP contribution in [0.4, 0.5) is 0 Å². The maximum absolute atomic E-state index is 9.85. The number of aliphatic hydroxyl groups excluding tert-OH is 4. The zero-order valence-corrected chi connectivity index (χ0v) is 9.40. The van der Waals surface area contributed by atoms with E-state index in [1.54, 1.807) is 0 Å². The van der Waals surface area contributed by atoms with E-state index in [1.807, 2.05) is 0 Å². The number of hydrogen-bond acceptors (Lipinski definition) is 6. The smallest absolute Gasteiger partial charge is 0.169 e. The first-order chi connectivity index (χ1) is 8.04. The number of aliphatic hydroxyl groups is 4. The van der Waals surface area contributed by atoms with Crippen molar-refractivity contribution < 1.29 is 29.9 Å². The molecule has 3 fully saturated rings. The van der Waals surface area contributed by atoms with Crippen LogP contribution in [-0.4, -0.2) is 62.8 Å². The molecule has 6 atom stereocenters. The van der Waals surface area contributed by atoms with E-state index >= 15 is 0 Å². The van der Waals surface area contributed by atoms with Crippen LogP contribution in [0.25, 0.3) is 0 Å². The molecule has 1 heterocycles. The molecule has 0 aromatic carbocycles. The summed E-state index contributed by atoms with van der Waals surface area (Å²) in [5.41, 5.74) is 0. The molecule has 2 saturated carbocycles. The van der Waals surface area contributed by atoms with Gasteiger partial charge in [-0.3, -0.25) is 0 Å². The van der Waals surface area contributed by atoms with Gasteiger partial charge in [-0.05, 0) is 12.8 Å². The van der Waals surface area contributed by atoms with Crippen molar-refractivity contribution in [3.8, 4) is 0 Å². The zero-order chi connectivity index (χ0) is 12.2. The molecule has 6 nitrogen and oxygen atoms in total. The fourth-order valence-corrected chi connectivity index (χ4v) is 3.13. The van der Waals surface area contributed by atoms with E-state index in [9.17, 15) is 20.4 Å². The summed E-state index contributed by atoms with van der Waals surface area (Å²) in [5.74, 6) is -0.735. The van der Waals surface area contributed by atoms with Crippen molar-refractivity contribution in [1.29, 1.82) is 0 Å². The van der Waals surface area contributed by atoms with Crippen LogP contribution in [0.2, 0.25) is 0 Å². The lowest BCUT2D eigenvalue weighted by Gasteiger charge is -2.38. The number of fused-ring (bicyclic) bond motifs is 1. The third kappa shape index (κ3) is 1.63. The van der Waals surface area contributed by atoms with Crippen LogP contribution >= 0.6 is 0 Å². The van der Waals surface area contributed by atoms with Gasteiger partial charge in [-0.15, -0.1) is 0 Å². The fraction of sp³-hybridized carbons (Fsp3) is 1.00. The third-order valence-electron chi connectivity index (χ3n) is 4.11. The molecule has 0 aromatic rings. The minimum atomic E-state index is -1.40. The van der Waals surface area contributed by atoms with Gasteiger partial charge in [-0.25, -0.2) is 0 Å². The summed E-state index contributed by atoms with van der Waals surface area (Å²) in [4.78, 5) is 0. The second-order valence-electron chi connectivity index (χ2n) is 5.25. The first-order valence-electron chi connectivity index (χ1n) is 6.12. The van der Waals surface area contributed by atoms with Crippen molar-refractivity contribution in [2.75, 3.05) is 0 Å². The number of ether oxygens (including phenoxy) is 2. The van der Waals surface area contributed by atoms with Gasteiger partial charge in [-0.1, -0.05) is 0 Å². The lowest BCUT2D eigenvalue weighted by atomic mass is 9.85. The SMILES string of the molecule is O[C@@H]1[C@@H](O)[C@H](O)[C@@H]2OC3(CCCC3)O[C@@H]2[C@H]1O. The van der Waals surface area contributed by atoms with Crippen LogP contribution in [0.3, 0.4) is 0 Å². The predicted molar refractivity (Wildman–Crippen MR) is 55.0 cm³/mol. The fourth-order valence-electron chi connectivity index (χ4n) is 3.13. The molecule has 0 bridgehead atoms. The molecule has 0 radical (unpaired) electrons. The molecular weight excluding hydrogens is 228 g/mol. The van der Waals surface area contributed by atoms with E-state index in [-0.39, 0.29) is 0 Å². The van der Waals surface area contributed by atoms with Gasteiger partial charge in [0.2, 0.25) is 0 Å². The van der Waals surface area contributed by atoms with Gasteiger partial charge in [0.1, 0.15) is 36.6 Å². The summed E-state index contributed by atoms with van der Waals surface area (Å²) in [6, 6.07) is 0. The largest absolute Gasteiger partial charge is 0.387 e. The van der Waals surface area contributed by atoms with Gasteiger partial charge in [0, 0.05) is 12.8 Å². The van der Waals surface area contributed by atoms with Crippen LogP contribution in [-0.2, 0) is 9.47 Å². The molecule has 6 heteroatoms. The molecule has 98 valence electrons. The van der Waals surface area contributed by atoms with E-state index in [0.29, 0.717) is 0 Å². The molecule has 1 saturated heterocycles. The Hall–Kier alpha value is -0.240. The topological polar surface area (TPSA) is 99.4 Å². The maximum atomic E-state index is 9.85. The van der Waals surface area contributed by atoms with Crippen molar-refractivity contribution in [3.05, 3.63) is 0 Å². The summed E-state index contributed by atoms with van der Waals surface area (Å²) in [7, 11) is 0. The highest BCUT2D eigenvalue weighted by molar-refractivity contribution is 5.05. The quantitative estimate of drug-likeness (QED) is 0.415. The van der Waals surface area contributed by atoms with Gasteiger partial charge >= 0.3 is 0 Å². The molecule has 0 unspecified atom stereocenters. The minimum absolute atomic E-state index is 0.728. The first-order valence-corrected chi connectivity index (χ1v) is 6.12. The number of rotatable bonds is 0. The molecule has 1 spiro atoms. The van der Waals surface area contributed by atoms with E-state index in [4.69, 9.17) is 9.47 Å². The van der Waals surface area contributed by atoms with E-state index < -0.39 is 42.4 Å². The van der Waals surface area contributed by atoms with Gasteiger partial charge in [-0.2, -0.15) is 0 Å². The van der Waals surface area contributed by atoms with Crippen LogP contribution in [0.1, 0.15) is 25.7 Å². The van der Waals surface area contributed by atoms with Crippen molar-refractivity contribution in [2.24, 2.45) is 0 Å². The summed E-state index contributed by atoms with van der Waals surface area (Å²) in [6.07, 6.45) is -3.34. The van der Waals surface area contributed by atoms with Crippen molar-refractivity contribution in [1.82, 2.24) is 0 Å². The van der Waals surface area contributed by atoms with Crippen LogP contribution in [0, 0.1) is 0 Å². The lowest BCUT2D eigenvalue weighted by Crippen LogP contribution is -2.62. The second-order valence-corrected chi connectivity index (χ2v) is 5.25. The Morgan fingerprint density at radius 2 is 1.12 bits per heavy atom. The van der Waals surface area contributed by atoms with Crippen LogP contribution in [0.15, 0.2) is 0 Å². The van der Waals surface area contributed by atoms with Crippen LogP contribution < -0.4 is 0 Å². The summed E-state index contributed by atoms with van der Waals surface area (Å²) < 4.78 is 11.4. The Kier molecular flexibility index (Phi) is 2.70. The first kappa shape index (κ1) is 11.8. The highest BCUT2D eigenvalue weighted by atomic mass is 16.8. The lowest BCUT2D eigenvalue weighted by molar-refractivity contribution is -0.192. The second kappa shape index (κ2) is 3.88. The van der Waals surface area contributed by atoms with Crippen molar-refractivity contribution >= 4 is 0 Å². The van der Waals surface area contributed by atoms with Gasteiger partial charge in [0.15, 0.2) is 5.79 Å². The molecule has 0 aromatic heterocycles. The maximum Gasteiger partial charge on any atom is 0.169 e. The molecule has 0 amide bonds. The predicted octanol–water partition coefficient (Wildman–Crippen LogP) is -1.50. The Morgan fingerprint density at radius 3 is 1.53 bits per heavy atom. The Labute approximate surface area is 98.8 Å². The molecule has 3 rings (SSSR count). The van der Waals surface area contributed by atoms with Crippen molar-refractivity contribution in [2.45, 2.75) is 68.1 Å². The average molecular weight is 246 g/mol. The molecule has 2 aliphatic carbocycles. The van der Waals surface area contributed by atoms with Gasteiger partial charge in [0.05, 0.1) is 0 Å². The highest BCUT2D eigenvalue weighted by Gasteiger charge is 2.59. The summed E-state index contributed by atoms with van der Waals surface area (Å²) >= 11 is 0. The molecule has 4 N–H and O–H groups in total. The average Bonchev–Trinajstić information content (AvgIpc) is 2.92. The molecular formula is C11H18O6. The molecule has 1 aliphatic heterocycles. The molecule has 17 heavy (non-hydrogen) atoms. The minimum Gasteiger partial charge on any atom is -0.387 e. The van der Waals surface area contributed by atoms with E-state index in [0.717, 1.165) is 25.7 Å². The van der Waals surface area contributed by atoms with E-state index in [2.05, 4.69) is 0 Å². The highest BCUT2D eigenvalue weighted by Crippen LogP contribution is 2.45. The normalized spacial score (nSPS) is 52.9. The summed E-state index contributed by atoms with van der Waals surface area (Å²) in [6.45, 7) is 0. The Morgan fingerprint density at radius 1 is 0.706 bits per heavy atom. The zero-order valence-electron chi connectivity index (χ0n) is 9.40. The standard InChI is InChI=1S/C11H18O6/c12-5-6(13)8(15)10-9(7(5)14)16-11(17-10)3-1-2-4-11/h5-10,12-15H,1-4H2/t5-,6-,7+,8+,9-,10+/m1/s1. The van der Waals surface area contributed by atoms with Gasteiger partial charge in [0.25, 0.3) is 0 Å². The van der Waals surface area contributed by atoms with E-state index in [1.165, 1.54) is 0 Å².